The van der Waals surface area contributed by atoms with Crippen LogP contribution >= 0.6 is 0 Å². The fraction of sp³-hybridized carbons (Fsp3) is 0.368. The summed E-state index contributed by atoms with van der Waals surface area (Å²) in [6.07, 6.45) is 3.50. The maximum Gasteiger partial charge on any atom is 0.157 e. The maximum atomic E-state index is 9.91. The van der Waals surface area contributed by atoms with E-state index in [0.717, 1.165) is 36.8 Å². The lowest BCUT2D eigenvalue weighted by Crippen LogP contribution is -2.27. The van der Waals surface area contributed by atoms with Gasteiger partial charge in [-0.05, 0) is 48.2 Å². The van der Waals surface area contributed by atoms with E-state index in [1.54, 1.807) is 12.1 Å². The van der Waals surface area contributed by atoms with Gasteiger partial charge in [0, 0.05) is 5.41 Å². The highest BCUT2D eigenvalue weighted by Crippen LogP contribution is 2.45. The van der Waals surface area contributed by atoms with E-state index in [9.17, 15) is 20.4 Å². The molecule has 0 heterocycles. The number of phenols is 4. The summed E-state index contributed by atoms with van der Waals surface area (Å²) in [6, 6.07) is 9.78. The minimum Gasteiger partial charge on any atom is -0.504 e. The van der Waals surface area contributed by atoms with Gasteiger partial charge in [0.1, 0.15) is 0 Å². The zero-order valence-electron chi connectivity index (χ0n) is 13.6. The number of rotatable bonds is 6. The van der Waals surface area contributed by atoms with Gasteiger partial charge in [-0.3, -0.25) is 0 Å². The molecule has 0 amide bonds. The number of hydrogen-bond donors (Lipinski definition) is 4. The summed E-state index contributed by atoms with van der Waals surface area (Å²) < 4.78 is 0. The second-order valence-electron chi connectivity index (χ2n) is 5.99. The van der Waals surface area contributed by atoms with E-state index < -0.39 is 0 Å². The van der Waals surface area contributed by atoms with Gasteiger partial charge in [0.05, 0.1) is 0 Å². The third kappa shape index (κ3) is 3.21. The molecule has 0 aliphatic carbocycles. The quantitative estimate of drug-likeness (QED) is 0.596. The third-order valence-electron chi connectivity index (χ3n) is 4.41. The molecule has 0 bridgehead atoms. The molecule has 0 aliphatic rings. The highest BCUT2D eigenvalue weighted by molar-refractivity contribution is 5.51. The predicted octanol–water partition coefficient (Wildman–Crippen LogP) is 4.40. The Hall–Kier alpha value is -2.36. The van der Waals surface area contributed by atoms with Gasteiger partial charge < -0.3 is 20.4 Å². The first kappa shape index (κ1) is 17.0. The van der Waals surface area contributed by atoms with Crippen molar-refractivity contribution in [3.8, 4) is 23.0 Å². The zero-order valence-corrected chi connectivity index (χ0v) is 13.6. The molecule has 4 N–H and O–H groups in total. The summed E-state index contributed by atoms with van der Waals surface area (Å²) in [4.78, 5) is 0. The topological polar surface area (TPSA) is 80.9 Å². The van der Waals surface area contributed by atoms with E-state index in [0.29, 0.717) is 0 Å². The van der Waals surface area contributed by atoms with Crippen molar-refractivity contribution in [3.05, 3.63) is 47.5 Å². The third-order valence-corrected chi connectivity index (χ3v) is 4.41. The van der Waals surface area contributed by atoms with Gasteiger partial charge in [0.15, 0.2) is 23.0 Å². The first-order chi connectivity index (χ1) is 10.9. The van der Waals surface area contributed by atoms with Gasteiger partial charge in [-0.25, -0.2) is 0 Å². The molecular formula is C19H24O4. The summed E-state index contributed by atoms with van der Waals surface area (Å²) in [5, 5.41) is 39.0. The summed E-state index contributed by atoms with van der Waals surface area (Å²) in [6.45, 7) is 4.18. The molecule has 4 nitrogen and oxygen atoms in total. The van der Waals surface area contributed by atoms with Gasteiger partial charge in [-0.15, -0.1) is 0 Å². The van der Waals surface area contributed by atoms with Crippen molar-refractivity contribution in [1.82, 2.24) is 0 Å². The molecule has 0 spiro atoms. The summed E-state index contributed by atoms with van der Waals surface area (Å²) in [7, 11) is 0. The van der Waals surface area contributed by atoms with E-state index in [4.69, 9.17) is 0 Å². The van der Waals surface area contributed by atoms with Crippen molar-refractivity contribution in [2.75, 3.05) is 0 Å². The molecule has 23 heavy (non-hydrogen) atoms. The van der Waals surface area contributed by atoms with Crippen molar-refractivity contribution in [2.24, 2.45) is 0 Å². The van der Waals surface area contributed by atoms with E-state index in [1.807, 2.05) is 12.1 Å². The van der Waals surface area contributed by atoms with Crippen molar-refractivity contribution < 1.29 is 20.4 Å². The Morgan fingerprint density at radius 3 is 1.35 bits per heavy atom. The zero-order chi connectivity index (χ0) is 17.0. The van der Waals surface area contributed by atoms with Crippen LogP contribution in [0.15, 0.2) is 36.4 Å². The number of phenolic OH excluding ortho intramolecular Hbond substituents is 4. The maximum absolute atomic E-state index is 9.91. The lowest BCUT2D eigenvalue weighted by atomic mass is 9.68. The molecule has 0 saturated heterocycles. The lowest BCUT2D eigenvalue weighted by Gasteiger charge is -2.35. The van der Waals surface area contributed by atoms with Gasteiger partial charge >= 0.3 is 0 Å². The Morgan fingerprint density at radius 2 is 1.04 bits per heavy atom. The molecule has 0 unspecified atom stereocenters. The van der Waals surface area contributed by atoms with Crippen molar-refractivity contribution in [3.63, 3.8) is 0 Å². The van der Waals surface area contributed by atoms with E-state index in [1.165, 1.54) is 12.1 Å². The Kier molecular flexibility index (Phi) is 5.04. The van der Waals surface area contributed by atoms with Crippen LogP contribution in [0.25, 0.3) is 0 Å². The Labute approximate surface area is 136 Å². The largest absolute Gasteiger partial charge is 0.504 e. The predicted molar refractivity (Wildman–Crippen MR) is 90.1 cm³/mol. The SMILES string of the molecule is CCCC(CCC)(c1ccc(O)c(O)c1)c1ccc(O)c(O)c1. The highest BCUT2D eigenvalue weighted by atomic mass is 16.3. The van der Waals surface area contributed by atoms with Crippen LogP contribution in [-0.2, 0) is 5.41 Å². The number of aromatic hydroxyl groups is 4. The second-order valence-corrected chi connectivity index (χ2v) is 5.99. The van der Waals surface area contributed by atoms with Crippen LogP contribution in [0.3, 0.4) is 0 Å². The smallest absolute Gasteiger partial charge is 0.157 e. The van der Waals surface area contributed by atoms with E-state index in [-0.39, 0.29) is 28.4 Å². The normalized spacial score (nSPS) is 11.6. The first-order valence-corrected chi connectivity index (χ1v) is 7.99. The summed E-state index contributed by atoms with van der Waals surface area (Å²) in [5.41, 5.74) is 1.39. The Balaban J connectivity index is 2.66. The van der Waals surface area contributed by atoms with Crippen LogP contribution in [0.2, 0.25) is 0 Å². The van der Waals surface area contributed by atoms with Gasteiger partial charge in [-0.2, -0.15) is 0 Å². The Bertz CT molecular complexity index is 620. The molecular weight excluding hydrogens is 292 g/mol. The van der Waals surface area contributed by atoms with Crippen molar-refractivity contribution >= 4 is 0 Å². The Morgan fingerprint density at radius 1 is 0.652 bits per heavy atom. The first-order valence-electron chi connectivity index (χ1n) is 7.99. The molecule has 0 aliphatic heterocycles. The van der Waals surface area contributed by atoms with Crippen LogP contribution < -0.4 is 0 Å². The molecule has 0 saturated carbocycles. The minimum absolute atomic E-state index is 0.149. The summed E-state index contributed by atoms with van der Waals surface area (Å²) >= 11 is 0. The van der Waals surface area contributed by atoms with Crippen LogP contribution in [0.1, 0.15) is 50.7 Å². The van der Waals surface area contributed by atoms with E-state index in [2.05, 4.69) is 13.8 Å². The van der Waals surface area contributed by atoms with Crippen LogP contribution in [0, 0.1) is 0 Å². The van der Waals surface area contributed by atoms with Gasteiger partial charge in [-0.1, -0.05) is 38.8 Å². The van der Waals surface area contributed by atoms with Crippen LogP contribution in [-0.4, -0.2) is 20.4 Å². The molecule has 0 radical (unpaired) electrons. The summed E-state index contributed by atoms with van der Waals surface area (Å²) in [5.74, 6) is -0.599. The molecule has 2 aromatic carbocycles. The molecule has 0 aromatic heterocycles. The molecule has 2 aromatic rings. The molecule has 2 rings (SSSR count). The van der Waals surface area contributed by atoms with Crippen LogP contribution in [0.5, 0.6) is 23.0 Å². The standard InChI is InChI=1S/C19H24O4/c1-3-9-19(10-4-2,13-5-7-15(20)17(22)11-13)14-6-8-16(21)18(23)12-14/h5-8,11-12,20-23H,3-4,9-10H2,1-2H3. The van der Waals surface area contributed by atoms with Gasteiger partial charge in [0.25, 0.3) is 0 Å². The minimum atomic E-state index is -0.389. The highest BCUT2D eigenvalue weighted by Gasteiger charge is 2.33. The molecule has 0 fully saturated rings. The monoisotopic (exact) mass is 316 g/mol. The molecule has 124 valence electrons. The molecule has 4 heteroatoms. The van der Waals surface area contributed by atoms with Crippen molar-refractivity contribution in [2.45, 2.75) is 44.9 Å². The number of benzene rings is 2. The lowest BCUT2D eigenvalue weighted by molar-refractivity contribution is 0.387. The van der Waals surface area contributed by atoms with E-state index >= 15 is 0 Å². The van der Waals surface area contributed by atoms with Crippen LogP contribution in [0.4, 0.5) is 0 Å². The fourth-order valence-corrected chi connectivity index (χ4v) is 3.36. The van der Waals surface area contributed by atoms with Crippen molar-refractivity contribution in [1.29, 1.82) is 0 Å². The van der Waals surface area contributed by atoms with Gasteiger partial charge in [0.2, 0.25) is 0 Å². The number of hydrogen-bond acceptors (Lipinski definition) is 4. The average Bonchev–Trinajstić information content (AvgIpc) is 2.52. The second kappa shape index (κ2) is 6.82. The fourth-order valence-electron chi connectivity index (χ4n) is 3.36. The molecule has 0 atom stereocenters. The average molecular weight is 316 g/mol.